The smallest absolute Gasteiger partial charge is 0.335 e. The van der Waals surface area contributed by atoms with Crippen LogP contribution >= 0.6 is 0 Å². The first-order valence-corrected chi connectivity index (χ1v) is 7.13. The van der Waals surface area contributed by atoms with Crippen molar-refractivity contribution in [3.8, 4) is 0 Å². The molecule has 4 nitrogen and oxygen atoms in total. The van der Waals surface area contributed by atoms with Crippen LogP contribution in [0.4, 0.5) is 0 Å². The Kier molecular flexibility index (Phi) is 4.29. The van der Waals surface area contributed by atoms with Crippen molar-refractivity contribution in [1.82, 2.24) is 0 Å². The molecule has 1 aromatic rings. The Morgan fingerprint density at radius 2 is 1.89 bits per heavy atom. The van der Waals surface area contributed by atoms with Crippen molar-refractivity contribution in [2.45, 2.75) is 25.7 Å². The Hall–Kier alpha value is -1.62. The molecule has 1 aromatic carbocycles. The standard InChI is InChI=1S/C13H16O4S/c1-4-5-6-18(16,17)12-8-11(13(14)15)9(2)7-10(12)3/h4-5,7-8H,6H2,1-3H3,(H,14,15)/b5-4+. The molecule has 0 atom stereocenters. The van der Waals surface area contributed by atoms with Crippen LogP contribution < -0.4 is 0 Å². The van der Waals surface area contributed by atoms with Crippen LogP contribution in [0.5, 0.6) is 0 Å². The Morgan fingerprint density at radius 1 is 1.28 bits per heavy atom. The number of aromatic carboxylic acids is 1. The van der Waals surface area contributed by atoms with E-state index in [4.69, 9.17) is 5.11 Å². The SMILES string of the molecule is C/C=C/CS(=O)(=O)c1cc(C(=O)O)c(C)cc1C. The number of hydrogen-bond donors (Lipinski definition) is 1. The second-order valence-electron chi connectivity index (χ2n) is 4.09. The van der Waals surface area contributed by atoms with Gasteiger partial charge in [0.1, 0.15) is 0 Å². The summed E-state index contributed by atoms with van der Waals surface area (Å²) in [5, 5.41) is 9.01. The van der Waals surface area contributed by atoms with Crippen LogP contribution in [0.15, 0.2) is 29.2 Å². The number of benzene rings is 1. The van der Waals surface area contributed by atoms with Crippen molar-refractivity contribution in [2.24, 2.45) is 0 Å². The molecule has 0 fully saturated rings. The number of aryl methyl sites for hydroxylation is 2. The van der Waals surface area contributed by atoms with Gasteiger partial charge in [-0.25, -0.2) is 13.2 Å². The predicted molar refractivity (Wildman–Crippen MR) is 69.7 cm³/mol. The van der Waals surface area contributed by atoms with Crippen molar-refractivity contribution in [3.05, 3.63) is 41.0 Å². The molecular formula is C13H16O4S. The molecule has 0 bridgehead atoms. The molecule has 0 aromatic heterocycles. The summed E-state index contributed by atoms with van der Waals surface area (Å²) < 4.78 is 24.1. The molecular weight excluding hydrogens is 252 g/mol. The summed E-state index contributed by atoms with van der Waals surface area (Å²) in [5.41, 5.74) is 1.16. The Labute approximate surface area is 107 Å². The monoisotopic (exact) mass is 268 g/mol. The van der Waals surface area contributed by atoms with E-state index in [1.807, 2.05) is 0 Å². The molecule has 0 saturated heterocycles. The third-order valence-electron chi connectivity index (χ3n) is 2.64. The summed E-state index contributed by atoms with van der Waals surface area (Å²) in [6.45, 7) is 5.06. The molecule has 98 valence electrons. The summed E-state index contributed by atoms with van der Waals surface area (Å²) in [6.07, 6.45) is 3.19. The minimum atomic E-state index is -3.48. The number of carbonyl (C=O) groups is 1. The van der Waals surface area contributed by atoms with Gasteiger partial charge in [0.05, 0.1) is 16.2 Å². The third-order valence-corrected chi connectivity index (χ3v) is 4.38. The molecule has 0 aliphatic carbocycles. The molecule has 0 spiro atoms. The molecule has 0 heterocycles. The van der Waals surface area contributed by atoms with Gasteiger partial charge in [-0.2, -0.15) is 0 Å². The third kappa shape index (κ3) is 2.98. The Bertz CT molecular complexity index is 598. The van der Waals surface area contributed by atoms with Crippen LogP contribution in [-0.2, 0) is 9.84 Å². The van der Waals surface area contributed by atoms with E-state index in [1.165, 1.54) is 12.1 Å². The lowest BCUT2D eigenvalue weighted by Gasteiger charge is -2.09. The fourth-order valence-electron chi connectivity index (χ4n) is 1.71. The number of sulfone groups is 1. The van der Waals surface area contributed by atoms with Gasteiger partial charge in [0.15, 0.2) is 9.84 Å². The van der Waals surface area contributed by atoms with Crippen LogP contribution in [0.25, 0.3) is 0 Å². The van der Waals surface area contributed by atoms with Crippen LogP contribution in [0.2, 0.25) is 0 Å². The zero-order valence-electron chi connectivity index (χ0n) is 10.6. The van der Waals surface area contributed by atoms with E-state index in [0.717, 1.165) is 0 Å². The molecule has 0 aliphatic rings. The van der Waals surface area contributed by atoms with E-state index in [-0.39, 0.29) is 16.2 Å². The normalized spacial score (nSPS) is 11.9. The van der Waals surface area contributed by atoms with Gasteiger partial charge in [0.2, 0.25) is 0 Å². The first-order chi connectivity index (χ1) is 8.29. The van der Waals surface area contributed by atoms with E-state index in [2.05, 4.69) is 0 Å². The van der Waals surface area contributed by atoms with E-state index >= 15 is 0 Å². The second-order valence-corrected chi connectivity index (χ2v) is 6.09. The maximum Gasteiger partial charge on any atom is 0.335 e. The first-order valence-electron chi connectivity index (χ1n) is 5.48. The molecule has 0 unspecified atom stereocenters. The average Bonchev–Trinajstić information content (AvgIpc) is 2.25. The molecule has 0 aliphatic heterocycles. The van der Waals surface area contributed by atoms with Gasteiger partial charge >= 0.3 is 5.97 Å². The van der Waals surface area contributed by atoms with E-state index in [9.17, 15) is 13.2 Å². The lowest BCUT2D eigenvalue weighted by atomic mass is 10.1. The lowest BCUT2D eigenvalue weighted by molar-refractivity contribution is 0.0696. The zero-order chi connectivity index (χ0) is 13.9. The number of allylic oxidation sites excluding steroid dienone is 1. The Morgan fingerprint density at radius 3 is 2.39 bits per heavy atom. The van der Waals surface area contributed by atoms with Gasteiger partial charge in [-0.15, -0.1) is 0 Å². The summed E-state index contributed by atoms with van der Waals surface area (Å²) in [7, 11) is -3.48. The topological polar surface area (TPSA) is 71.4 Å². The maximum atomic E-state index is 12.1. The number of hydrogen-bond acceptors (Lipinski definition) is 3. The fourth-order valence-corrected chi connectivity index (χ4v) is 3.18. The molecule has 1 N–H and O–H groups in total. The number of carboxylic acid groups (broad SMARTS) is 1. The highest BCUT2D eigenvalue weighted by Gasteiger charge is 2.19. The van der Waals surface area contributed by atoms with Crippen LogP contribution in [0.3, 0.4) is 0 Å². The van der Waals surface area contributed by atoms with Gasteiger partial charge in [0, 0.05) is 0 Å². The van der Waals surface area contributed by atoms with E-state index in [1.54, 1.807) is 32.9 Å². The second kappa shape index (κ2) is 5.35. The van der Waals surface area contributed by atoms with Crippen molar-refractivity contribution < 1.29 is 18.3 Å². The largest absolute Gasteiger partial charge is 0.478 e. The first kappa shape index (κ1) is 14.4. The van der Waals surface area contributed by atoms with Crippen molar-refractivity contribution in [1.29, 1.82) is 0 Å². The lowest BCUT2D eigenvalue weighted by Crippen LogP contribution is -2.10. The minimum absolute atomic E-state index is 0.0275. The molecule has 5 heteroatoms. The quantitative estimate of drug-likeness (QED) is 0.851. The highest BCUT2D eigenvalue weighted by atomic mass is 32.2. The highest BCUT2D eigenvalue weighted by Crippen LogP contribution is 2.22. The zero-order valence-corrected chi connectivity index (χ0v) is 11.4. The van der Waals surface area contributed by atoms with Crippen molar-refractivity contribution >= 4 is 15.8 Å². The van der Waals surface area contributed by atoms with Crippen molar-refractivity contribution in [3.63, 3.8) is 0 Å². The number of carboxylic acids is 1. The van der Waals surface area contributed by atoms with Gasteiger partial charge in [-0.3, -0.25) is 0 Å². The molecule has 0 radical (unpaired) electrons. The maximum absolute atomic E-state index is 12.1. The molecule has 1 rings (SSSR count). The van der Waals surface area contributed by atoms with Crippen LogP contribution in [-0.4, -0.2) is 25.2 Å². The summed E-state index contributed by atoms with van der Waals surface area (Å²) in [5.74, 6) is -1.23. The van der Waals surface area contributed by atoms with Gasteiger partial charge in [-0.1, -0.05) is 18.2 Å². The molecule has 0 amide bonds. The number of rotatable bonds is 4. The molecule has 18 heavy (non-hydrogen) atoms. The van der Waals surface area contributed by atoms with Gasteiger partial charge in [0.25, 0.3) is 0 Å². The molecule has 0 saturated carbocycles. The van der Waals surface area contributed by atoms with E-state index < -0.39 is 15.8 Å². The Balaban J connectivity index is 3.42. The summed E-state index contributed by atoms with van der Waals surface area (Å²) in [4.78, 5) is 11.1. The van der Waals surface area contributed by atoms with Crippen LogP contribution in [0.1, 0.15) is 28.4 Å². The predicted octanol–water partition coefficient (Wildman–Crippen LogP) is 2.35. The minimum Gasteiger partial charge on any atom is -0.478 e. The average molecular weight is 268 g/mol. The summed E-state index contributed by atoms with van der Waals surface area (Å²) in [6, 6.07) is 2.83. The highest BCUT2D eigenvalue weighted by molar-refractivity contribution is 7.91. The van der Waals surface area contributed by atoms with Gasteiger partial charge < -0.3 is 5.11 Å². The van der Waals surface area contributed by atoms with Crippen molar-refractivity contribution in [2.75, 3.05) is 5.75 Å². The fraction of sp³-hybridized carbons (Fsp3) is 0.308. The van der Waals surface area contributed by atoms with Gasteiger partial charge in [-0.05, 0) is 38.0 Å². The van der Waals surface area contributed by atoms with E-state index in [0.29, 0.717) is 11.1 Å². The van der Waals surface area contributed by atoms with Crippen LogP contribution in [0, 0.1) is 13.8 Å². The summed E-state index contributed by atoms with van der Waals surface area (Å²) >= 11 is 0.